The summed E-state index contributed by atoms with van der Waals surface area (Å²) in [7, 11) is 3.34. The Labute approximate surface area is 127 Å². The maximum Gasteiger partial charge on any atom is 0.271 e. The minimum atomic E-state index is -0.327. The van der Waals surface area contributed by atoms with Crippen molar-refractivity contribution >= 4 is 16.8 Å². The Morgan fingerprint density at radius 1 is 1.14 bits per heavy atom. The normalized spacial score (nSPS) is 10.7. The highest BCUT2D eigenvalue weighted by Crippen LogP contribution is 2.23. The number of nitrogens with zero attached hydrogens (tertiary/aromatic N) is 3. The van der Waals surface area contributed by atoms with Crippen LogP contribution >= 0.6 is 0 Å². The molecule has 0 unspecified atom stereocenters. The lowest BCUT2D eigenvalue weighted by Gasteiger charge is -2.10. The van der Waals surface area contributed by atoms with Gasteiger partial charge in [-0.2, -0.15) is 0 Å². The molecular formula is C17H14FN3O. The van der Waals surface area contributed by atoms with Gasteiger partial charge in [-0.15, -0.1) is 0 Å². The van der Waals surface area contributed by atoms with Gasteiger partial charge in [0.15, 0.2) is 0 Å². The Morgan fingerprint density at radius 3 is 2.68 bits per heavy atom. The van der Waals surface area contributed by atoms with Gasteiger partial charge in [-0.1, -0.05) is 12.1 Å². The van der Waals surface area contributed by atoms with E-state index in [1.54, 1.807) is 56.7 Å². The number of carbonyl (C=O) groups is 1. The molecule has 0 N–H and O–H groups in total. The summed E-state index contributed by atoms with van der Waals surface area (Å²) in [5.41, 5.74) is 2.19. The van der Waals surface area contributed by atoms with Crippen LogP contribution in [0, 0.1) is 5.82 Å². The third-order valence-electron chi connectivity index (χ3n) is 3.34. The fourth-order valence-electron chi connectivity index (χ4n) is 2.20. The molecule has 2 heterocycles. The molecule has 0 atom stereocenters. The molecule has 0 aliphatic heterocycles. The van der Waals surface area contributed by atoms with Gasteiger partial charge in [-0.25, -0.2) is 9.37 Å². The molecule has 0 saturated carbocycles. The van der Waals surface area contributed by atoms with Gasteiger partial charge in [-0.05, 0) is 30.3 Å². The average molecular weight is 295 g/mol. The molecule has 4 nitrogen and oxygen atoms in total. The molecule has 0 spiro atoms. The number of fused-ring (bicyclic) bond motifs is 1. The zero-order valence-corrected chi connectivity index (χ0v) is 12.2. The molecule has 3 rings (SSSR count). The highest BCUT2D eigenvalue weighted by molar-refractivity contribution is 5.92. The van der Waals surface area contributed by atoms with Crippen molar-refractivity contribution in [3.63, 3.8) is 0 Å². The minimum absolute atomic E-state index is 0.179. The summed E-state index contributed by atoms with van der Waals surface area (Å²) in [4.78, 5) is 22.0. The lowest BCUT2D eigenvalue weighted by atomic mass is 10.1. The number of benzene rings is 1. The summed E-state index contributed by atoms with van der Waals surface area (Å²) in [6.45, 7) is 0. The number of aromatic nitrogens is 2. The van der Waals surface area contributed by atoms with E-state index in [9.17, 15) is 9.18 Å². The summed E-state index contributed by atoms with van der Waals surface area (Å²) in [5.74, 6) is -0.505. The zero-order chi connectivity index (χ0) is 15.7. The Hall–Kier alpha value is -2.82. The molecule has 0 fully saturated rings. The third-order valence-corrected chi connectivity index (χ3v) is 3.34. The van der Waals surface area contributed by atoms with Crippen LogP contribution in [0.2, 0.25) is 0 Å². The molecule has 0 radical (unpaired) electrons. The molecule has 5 heteroatoms. The van der Waals surface area contributed by atoms with Crippen molar-refractivity contribution in [2.45, 2.75) is 0 Å². The summed E-state index contributed by atoms with van der Waals surface area (Å²) >= 11 is 0. The largest absolute Gasteiger partial charge is 0.343 e. The zero-order valence-electron chi connectivity index (χ0n) is 12.2. The van der Waals surface area contributed by atoms with Gasteiger partial charge in [-0.3, -0.25) is 9.78 Å². The number of hydrogen-bond acceptors (Lipinski definition) is 3. The lowest BCUT2D eigenvalue weighted by molar-refractivity contribution is 0.0822. The molecule has 110 valence electrons. The van der Waals surface area contributed by atoms with E-state index in [1.165, 1.54) is 11.0 Å². The lowest BCUT2D eigenvalue weighted by Crippen LogP contribution is -2.22. The Morgan fingerprint density at radius 2 is 1.91 bits per heavy atom. The fraction of sp³-hybridized carbons (Fsp3) is 0.118. The van der Waals surface area contributed by atoms with Crippen LogP contribution in [0.1, 0.15) is 10.5 Å². The average Bonchev–Trinajstić information content (AvgIpc) is 2.54. The molecule has 1 aromatic carbocycles. The van der Waals surface area contributed by atoms with Crippen molar-refractivity contribution in [3.8, 4) is 11.3 Å². The first kappa shape index (κ1) is 14.1. The fourth-order valence-corrected chi connectivity index (χ4v) is 2.20. The van der Waals surface area contributed by atoms with Crippen LogP contribution in [0.3, 0.4) is 0 Å². The summed E-state index contributed by atoms with van der Waals surface area (Å²) in [5, 5.41) is 0.436. The van der Waals surface area contributed by atoms with Crippen LogP contribution in [0.15, 0.2) is 48.7 Å². The summed E-state index contributed by atoms with van der Waals surface area (Å²) in [6.07, 6.45) is 1.63. The topological polar surface area (TPSA) is 46.1 Å². The van der Waals surface area contributed by atoms with E-state index in [0.29, 0.717) is 27.9 Å². The SMILES string of the molecule is CN(C)C(=O)c1cccc(-c2cnc3cccc(F)c3c2)n1. The highest BCUT2D eigenvalue weighted by Gasteiger charge is 2.11. The number of carbonyl (C=O) groups excluding carboxylic acids is 1. The van der Waals surface area contributed by atoms with Crippen molar-refractivity contribution in [1.29, 1.82) is 0 Å². The van der Waals surface area contributed by atoms with Crippen LogP contribution in [0.5, 0.6) is 0 Å². The Bertz CT molecular complexity index is 861. The second kappa shape index (κ2) is 5.52. The smallest absolute Gasteiger partial charge is 0.271 e. The Balaban J connectivity index is 2.10. The van der Waals surface area contributed by atoms with Gasteiger partial charge >= 0.3 is 0 Å². The van der Waals surface area contributed by atoms with E-state index in [0.717, 1.165) is 0 Å². The van der Waals surface area contributed by atoms with Gasteiger partial charge in [0.2, 0.25) is 0 Å². The third kappa shape index (κ3) is 2.53. The number of hydrogen-bond donors (Lipinski definition) is 0. The van der Waals surface area contributed by atoms with Gasteiger partial charge < -0.3 is 4.90 Å². The van der Waals surface area contributed by atoms with E-state index < -0.39 is 0 Å². The summed E-state index contributed by atoms with van der Waals surface area (Å²) in [6, 6.07) is 11.7. The second-order valence-corrected chi connectivity index (χ2v) is 5.14. The standard InChI is InChI=1S/C17H14FN3O/c1-21(2)17(22)16-8-4-6-14(20-16)11-9-12-13(18)5-3-7-15(12)19-10-11/h3-10H,1-2H3. The molecule has 1 amide bonds. The molecule has 0 aliphatic rings. The number of amides is 1. The maximum absolute atomic E-state index is 13.9. The van der Waals surface area contributed by atoms with Gasteiger partial charge in [0.1, 0.15) is 11.5 Å². The van der Waals surface area contributed by atoms with Gasteiger partial charge in [0, 0.05) is 31.2 Å². The number of rotatable bonds is 2. The van der Waals surface area contributed by atoms with Crippen molar-refractivity contribution < 1.29 is 9.18 Å². The molecule has 0 bridgehead atoms. The second-order valence-electron chi connectivity index (χ2n) is 5.14. The number of halogens is 1. The van der Waals surface area contributed by atoms with E-state index >= 15 is 0 Å². The first-order chi connectivity index (χ1) is 10.6. The van der Waals surface area contributed by atoms with E-state index in [2.05, 4.69) is 9.97 Å². The number of pyridine rings is 2. The minimum Gasteiger partial charge on any atom is -0.343 e. The highest BCUT2D eigenvalue weighted by atomic mass is 19.1. The van der Waals surface area contributed by atoms with Crippen LogP contribution < -0.4 is 0 Å². The summed E-state index contributed by atoms with van der Waals surface area (Å²) < 4.78 is 13.9. The Kier molecular flexibility index (Phi) is 3.55. The van der Waals surface area contributed by atoms with Crippen molar-refractivity contribution in [2.75, 3.05) is 14.1 Å². The van der Waals surface area contributed by atoms with Crippen molar-refractivity contribution in [3.05, 3.63) is 60.2 Å². The van der Waals surface area contributed by atoms with Crippen LogP contribution in [0.25, 0.3) is 22.2 Å². The van der Waals surface area contributed by atoms with Crippen LogP contribution in [-0.4, -0.2) is 34.9 Å². The van der Waals surface area contributed by atoms with Gasteiger partial charge in [0.25, 0.3) is 5.91 Å². The van der Waals surface area contributed by atoms with Crippen molar-refractivity contribution in [2.24, 2.45) is 0 Å². The maximum atomic E-state index is 13.9. The molecule has 3 aromatic rings. The predicted molar refractivity (Wildman–Crippen MR) is 82.9 cm³/mol. The van der Waals surface area contributed by atoms with Gasteiger partial charge in [0.05, 0.1) is 11.2 Å². The van der Waals surface area contributed by atoms with E-state index in [4.69, 9.17) is 0 Å². The molecule has 0 saturated heterocycles. The predicted octanol–water partition coefficient (Wildman–Crippen LogP) is 3.14. The van der Waals surface area contributed by atoms with E-state index in [1.807, 2.05) is 0 Å². The molecule has 0 aliphatic carbocycles. The molecule has 22 heavy (non-hydrogen) atoms. The first-order valence-corrected chi connectivity index (χ1v) is 6.79. The first-order valence-electron chi connectivity index (χ1n) is 6.79. The molecule has 2 aromatic heterocycles. The van der Waals surface area contributed by atoms with Crippen molar-refractivity contribution in [1.82, 2.24) is 14.9 Å². The van der Waals surface area contributed by atoms with Crippen LogP contribution in [0.4, 0.5) is 4.39 Å². The monoisotopic (exact) mass is 295 g/mol. The molecular weight excluding hydrogens is 281 g/mol. The van der Waals surface area contributed by atoms with E-state index in [-0.39, 0.29) is 11.7 Å². The van der Waals surface area contributed by atoms with Crippen LogP contribution in [-0.2, 0) is 0 Å². The quantitative estimate of drug-likeness (QED) is 0.729.